The van der Waals surface area contributed by atoms with Crippen molar-refractivity contribution in [3.8, 4) is 0 Å². The molecule has 0 atom stereocenters. The van der Waals surface area contributed by atoms with Crippen LogP contribution in [-0.4, -0.2) is 49.7 Å². The van der Waals surface area contributed by atoms with Crippen LogP contribution in [0, 0.1) is 0 Å². The Morgan fingerprint density at radius 1 is 0.923 bits per heavy atom. The highest BCUT2D eigenvalue weighted by atomic mass is 16.5. The maximum Gasteiger partial charge on any atom is 0.0698 e. The van der Waals surface area contributed by atoms with E-state index in [4.69, 9.17) is 10.2 Å². The molecule has 13 heavy (non-hydrogen) atoms. The van der Waals surface area contributed by atoms with Gasteiger partial charge in [0.1, 0.15) is 0 Å². The van der Waals surface area contributed by atoms with Crippen LogP contribution in [0.1, 0.15) is 13.8 Å². The van der Waals surface area contributed by atoms with Crippen LogP contribution in [0.2, 0.25) is 0 Å². The largest absolute Gasteiger partial charge is 0.394 e. The van der Waals surface area contributed by atoms with Crippen molar-refractivity contribution in [3.63, 3.8) is 0 Å². The smallest absolute Gasteiger partial charge is 0.0698 e. The Bertz CT molecular complexity index is 66.4. The molecule has 0 amide bonds. The van der Waals surface area contributed by atoms with Crippen molar-refractivity contribution >= 4 is 0 Å². The van der Waals surface area contributed by atoms with Gasteiger partial charge in [-0.15, -0.1) is 0 Å². The molecule has 0 bridgehead atoms. The van der Waals surface area contributed by atoms with Gasteiger partial charge < -0.3 is 14.9 Å². The molecule has 0 radical (unpaired) electrons. The van der Waals surface area contributed by atoms with Gasteiger partial charge in [0.05, 0.1) is 26.4 Å². The van der Waals surface area contributed by atoms with E-state index in [9.17, 15) is 0 Å². The quantitative estimate of drug-likeness (QED) is 0.312. The summed E-state index contributed by atoms with van der Waals surface area (Å²) in [6, 6.07) is 0. The average molecular weight is 194 g/mol. The number of ether oxygens (including phenoxy) is 1. The number of hydrogen-bond donors (Lipinski definition) is 4. The fourth-order valence-corrected chi connectivity index (χ4v) is 0.481. The summed E-state index contributed by atoms with van der Waals surface area (Å²) in [5.74, 6) is 0. The van der Waals surface area contributed by atoms with Crippen LogP contribution in [0.5, 0.6) is 0 Å². The first-order valence-corrected chi connectivity index (χ1v) is 4.58. The van der Waals surface area contributed by atoms with Crippen molar-refractivity contribution in [2.75, 3.05) is 39.5 Å². The Kier molecular flexibility index (Phi) is 20.9. The van der Waals surface area contributed by atoms with Crippen LogP contribution in [-0.2, 0) is 4.74 Å². The van der Waals surface area contributed by atoms with Crippen molar-refractivity contribution in [3.05, 3.63) is 0 Å². The third-order valence-corrected chi connectivity index (χ3v) is 0.950. The average Bonchev–Trinajstić information content (AvgIpc) is 2.17. The summed E-state index contributed by atoms with van der Waals surface area (Å²) < 4.78 is 4.63. The topological polar surface area (TPSA) is 73.8 Å². The van der Waals surface area contributed by atoms with E-state index in [0.717, 1.165) is 13.1 Å². The number of rotatable bonds is 7. The van der Waals surface area contributed by atoms with Gasteiger partial charge in [-0.3, -0.25) is 10.9 Å². The van der Waals surface area contributed by atoms with E-state index in [1.54, 1.807) is 0 Å². The van der Waals surface area contributed by atoms with E-state index in [1.165, 1.54) is 0 Å². The standard InChI is InChI=1S/C4H12N2.C4H10O3/c1-3-5-6-4-2;5-1-3-7-4-2-6/h5-6H,3-4H2,1-2H3;5-6H,1-4H2. The second-order valence-corrected chi connectivity index (χ2v) is 2.12. The normalized spacial score (nSPS) is 9.23. The zero-order valence-electron chi connectivity index (χ0n) is 8.55. The Labute approximate surface area is 80.1 Å². The molecule has 0 aliphatic heterocycles. The predicted octanol–water partition coefficient (Wildman–Crippen LogP) is -0.892. The van der Waals surface area contributed by atoms with Gasteiger partial charge in [-0.25, -0.2) is 0 Å². The number of hydrogen-bond acceptors (Lipinski definition) is 5. The van der Waals surface area contributed by atoms with E-state index in [1.807, 2.05) is 0 Å². The lowest BCUT2D eigenvalue weighted by molar-refractivity contribution is 0.0650. The maximum atomic E-state index is 8.09. The predicted molar refractivity (Wildman–Crippen MR) is 52.3 cm³/mol. The molecule has 0 fully saturated rings. The van der Waals surface area contributed by atoms with Gasteiger partial charge in [-0.1, -0.05) is 13.8 Å². The minimum Gasteiger partial charge on any atom is -0.394 e. The Balaban J connectivity index is 0. The third kappa shape index (κ3) is 24.5. The molecule has 0 rings (SSSR count). The van der Waals surface area contributed by atoms with E-state index in [-0.39, 0.29) is 13.2 Å². The summed E-state index contributed by atoms with van der Waals surface area (Å²) in [5.41, 5.74) is 5.90. The summed E-state index contributed by atoms with van der Waals surface area (Å²) in [6.07, 6.45) is 0. The molecule has 0 aromatic carbocycles. The molecule has 0 saturated carbocycles. The second-order valence-electron chi connectivity index (χ2n) is 2.12. The monoisotopic (exact) mass is 194 g/mol. The van der Waals surface area contributed by atoms with Crippen LogP contribution in [0.25, 0.3) is 0 Å². The van der Waals surface area contributed by atoms with E-state index in [0.29, 0.717) is 13.2 Å². The molecule has 0 saturated heterocycles. The zero-order valence-corrected chi connectivity index (χ0v) is 8.55. The van der Waals surface area contributed by atoms with Gasteiger partial charge in [-0.05, 0) is 0 Å². The lowest BCUT2D eigenvalue weighted by Gasteiger charge is -1.95. The molecular formula is C8H22N2O3. The van der Waals surface area contributed by atoms with Crippen molar-refractivity contribution in [1.29, 1.82) is 0 Å². The SMILES string of the molecule is CCNNCC.OCCOCCO. The number of hydrazine groups is 1. The third-order valence-electron chi connectivity index (χ3n) is 0.950. The molecule has 0 aromatic heterocycles. The van der Waals surface area contributed by atoms with Crippen molar-refractivity contribution < 1.29 is 14.9 Å². The van der Waals surface area contributed by atoms with Crippen LogP contribution >= 0.6 is 0 Å². The zero-order chi connectivity index (χ0) is 10.4. The molecule has 5 heteroatoms. The molecule has 0 unspecified atom stereocenters. The minimum atomic E-state index is 0.0278. The first-order valence-electron chi connectivity index (χ1n) is 4.58. The highest BCUT2D eigenvalue weighted by molar-refractivity contribution is 4.26. The summed E-state index contributed by atoms with van der Waals surface area (Å²) in [4.78, 5) is 0. The summed E-state index contributed by atoms with van der Waals surface area (Å²) >= 11 is 0. The van der Waals surface area contributed by atoms with Crippen LogP contribution in [0.15, 0.2) is 0 Å². The lowest BCUT2D eigenvalue weighted by Crippen LogP contribution is -2.30. The Morgan fingerprint density at radius 3 is 1.54 bits per heavy atom. The van der Waals surface area contributed by atoms with E-state index >= 15 is 0 Å². The van der Waals surface area contributed by atoms with Gasteiger partial charge in [0.25, 0.3) is 0 Å². The van der Waals surface area contributed by atoms with E-state index < -0.39 is 0 Å². The fraction of sp³-hybridized carbons (Fsp3) is 1.00. The van der Waals surface area contributed by atoms with Crippen LogP contribution in [0.3, 0.4) is 0 Å². The fourth-order valence-electron chi connectivity index (χ4n) is 0.481. The number of aliphatic hydroxyl groups excluding tert-OH is 2. The molecule has 0 aliphatic rings. The Morgan fingerprint density at radius 2 is 1.31 bits per heavy atom. The molecule has 4 N–H and O–H groups in total. The van der Waals surface area contributed by atoms with Crippen molar-refractivity contribution in [2.45, 2.75) is 13.8 Å². The molecule has 0 aromatic rings. The van der Waals surface area contributed by atoms with Crippen molar-refractivity contribution in [2.24, 2.45) is 0 Å². The molecule has 0 heterocycles. The first-order chi connectivity index (χ1) is 6.33. The van der Waals surface area contributed by atoms with Crippen LogP contribution < -0.4 is 10.9 Å². The Hall–Kier alpha value is -0.200. The van der Waals surface area contributed by atoms with Gasteiger partial charge in [0, 0.05) is 13.1 Å². The van der Waals surface area contributed by atoms with Gasteiger partial charge in [-0.2, -0.15) is 0 Å². The highest BCUT2D eigenvalue weighted by Gasteiger charge is 1.79. The highest BCUT2D eigenvalue weighted by Crippen LogP contribution is 1.68. The van der Waals surface area contributed by atoms with Gasteiger partial charge in [0.15, 0.2) is 0 Å². The minimum absolute atomic E-state index is 0.0278. The molecule has 0 aliphatic carbocycles. The number of aliphatic hydroxyl groups is 2. The first kappa shape index (κ1) is 15.3. The second kappa shape index (κ2) is 17.8. The van der Waals surface area contributed by atoms with Gasteiger partial charge >= 0.3 is 0 Å². The van der Waals surface area contributed by atoms with Crippen LogP contribution in [0.4, 0.5) is 0 Å². The van der Waals surface area contributed by atoms with Crippen molar-refractivity contribution in [1.82, 2.24) is 10.9 Å². The maximum absolute atomic E-state index is 8.09. The molecule has 5 nitrogen and oxygen atoms in total. The number of nitrogens with one attached hydrogen (secondary N) is 2. The summed E-state index contributed by atoms with van der Waals surface area (Å²) in [5, 5.41) is 16.2. The summed E-state index contributed by atoms with van der Waals surface area (Å²) in [6.45, 7) is 6.80. The van der Waals surface area contributed by atoms with E-state index in [2.05, 4.69) is 29.4 Å². The molecular weight excluding hydrogens is 172 g/mol. The summed E-state index contributed by atoms with van der Waals surface area (Å²) in [7, 11) is 0. The lowest BCUT2D eigenvalue weighted by atomic mass is 10.7. The molecule has 82 valence electrons. The molecule has 0 spiro atoms. The van der Waals surface area contributed by atoms with Gasteiger partial charge in [0.2, 0.25) is 0 Å².